The lowest BCUT2D eigenvalue weighted by atomic mass is 10.1. The molecule has 30 heavy (non-hydrogen) atoms. The van der Waals surface area contributed by atoms with Gasteiger partial charge in [0.25, 0.3) is 0 Å². The Labute approximate surface area is 177 Å². The highest BCUT2D eigenvalue weighted by Crippen LogP contribution is 2.19. The molecule has 4 unspecified atom stereocenters. The number of rotatable bonds is 12. The summed E-state index contributed by atoms with van der Waals surface area (Å²) in [5.74, 6) is -4.50. The maximum absolute atomic E-state index is 12.7. The summed E-state index contributed by atoms with van der Waals surface area (Å²) >= 11 is 1.48. The van der Waals surface area contributed by atoms with E-state index in [2.05, 4.69) is 10.6 Å². The average molecular weight is 448 g/mol. The lowest BCUT2D eigenvalue weighted by Gasteiger charge is -2.28. The number of nitrogens with one attached hydrogen (secondary N) is 2. The van der Waals surface area contributed by atoms with Crippen molar-refractivity contribution < 1.29 is 39.3 Å². The summed E-state index contributed by atoms with van der Waals surface area (Å²) in [5, 5.41) is 32.2. The zero-order chi connectivity index (χ0) is 22.8. The van der Waals surface area contributed by atoms with Crippen molar-refractivity contribution in [2.24, 2.45) is 5.73 Å². The highest BCUT2D eigenvalue weighted by Gasteiger charge is 2.39. The number of thioether (sulfide) groups is 1. The first kappa shape index (κ1) is 25.7. The van der Waals surface area contributed by atoms with Crippen molar-refractivity contribution in [2.45, 2.75) is 49.9 Å². The lowest BCUT2D eigenvalue weighted by Crippen LogP contribution is -2.58. The average Bonchev–Trinajstić information content (AvgIpc) is 3.18. The highest BCUT2D eigenvalue weighted by molar-refractivity contribution is 7.98. The number of carboxylic acid groups (broad SMARTS) is 2. The fraction of sp³-hybridized carbons (Fsp3) is 0.706. The number of carboxylic acids is 2. The second kappa shape index (κ2) is 12.3. The smallest absolute Gasteiger partial charge is 0.326 e. The van der Waals surface area contributed by atoms with Crippen LogP contribution in [0.25, 0.3) is 0 Å². The molecule has 0 spiro atoms. The molecule has 1 fully saturated rings. The molecule has 0 aromatic carbocycles. The number of likely N-dealkylation sites (tertiary alicyclic amines) is 1. The van der Waals surface area contributed by atoms with Gasteiger partial charge in [0.05, 0.1) is 19.1 Å². The fourth-order valence-electron chi connectivity index (χ4n) is 2.98. The molecular formula is C17H28N4O8S. The molecule has 4 atom stereocenters. The molecule has 0 radical (unpaired) electrons. The molecule has 3 amide bonds. The monoisotopic (exact) mass is 448 g/mol. The summed E-state index contributed by atoms with van der Waals surface area (Å²) < 4.78 is 0. The predicted molar refractivity (Wildman–Crippen MR) is 107 cm³/mol. The van der Waals surface area contributed by atoms with Crippen molar-refractivity contribution in [3.05, 3.63) is 0 Å². The SMILES string of the molecule is CSCCC(N)C(=O)NC(CO)C(=O)NC(CC(=O)O)C(=O)N1CCCC1C(=O)O. The van der Waals surface area contributed by atoms with Gasteiger partial charge < -0.3 is 36.6 Å². The van der Waals surface area contributed by atoms with E-state index in [-0.39, 0.29) is 13.0 Å². The minimum Gasteiger partial charge on any atom is -0.481 e. The maximum atomic E-state index is 12.7. The Morgan fingerprint density at radius 3 is 2.30 bits per heavy atom. The standard InChI is InChI=1S/C17H28N4O8S/c1-30-6-4-9(18)14(25)20-11(8-22)15(26)19-10(7-13(23)24)16(27)21-5-2-3-12(21)17(28)29/h9-12,22H,2-8,18H2,1H3,(H,19,26)(H,20,25)(H,23,24)(H,28,29). The first-order valence-electron chi connectivity index (χ1n) is 9.33. The fourth-order valence-corrected chi connectivity index (χ4v) is 3.47. The minimum atomic E-state index is -1.55. The van der Waals surface area contributed by atoms with Gasteiger partial charge in [-0.3, -0.25) is 19.2 Å². The van der Waals surface area contributed by atoms with E-state index >= 15 is 0 Å². The van der Waals surface area contributed by atoms with Crippen LogP contribution in [0.3, 0.4) is 0 Å². The van der Waals surface area contributed by atoms with E-state index in [4.69, 9.17) is 10.8 Å². The summed E-state index contributed by atoms with van der Waals surface area (Å²) in [5.41, 5.74) is 5.72. The number of carbonyl (C=O) groups excluding carboxylic acids is 3. The molecule has 0 aliphatic carbocycles. The van der Waals surface area contributed by atoms with Crippen LogP contribution in [0.1, 0.15) is 25.7 Å². The van der Waals surface area contributed by atoms with Gasteiger partial charge in [-0.25, -0.2) is 4.79 Å². The zero-order valence-corrected chi connectivity index (χ0v) is 17.4. The van der Waals surface area contributed by atoms with Crippen LogP contribution < -0.4 is 16.4 Å². The Morgan fingerprint density at radius 1 is 1.13 bits per heavy atom. The van der Waals surface area contributed by atoms with Crippen LogP contribution in [0.15, 0.2) is 0 Å². The van der Waals surface area contributed by atoms with Crippen molar-refractivity contribution >= 4 is 41.4 Å². The van der Waals surface area contributed by atoms with Gasteiger partial charge in [0.2, 0.25) is 17.7 Å². The third kappa shape index (κ3) is 7.46. The van der Waals surface area contributed by atoms with Gasteiger partial charge in [0, 0.05) is 6.54 Å². The first-order chi connectivity index (χ1) is 14.1. The summed E-state index contributed by atoms with van der Waals surface area (Å²) in [6.07, 6.45) is 2.05. The third-order valence-electron chi connectivity index (χ3n) is 4.60. The Bertz CT molecular complexity index is 662. The van der Waals surface area contributed by atoms with Crippen LogP contribution in [0, 0.1) is 0 Å². The van der Waals surface area contributed by atoms with Crippen molar-refractivity contribution in [1.82, 2.24) is 15.5 Å². The molecule has 7 N–H and O–H groups in total. The molecule has 1 saturated heterocycles. The minimum absolute atomic E-state index is 0.117. The van der Waals surface area contributed by atoms with Crippen LogP contribution in [-0.2, 0) is 24.0 Å². The number of hydrogen-bond donors (Lipinski definition) is 6. The molecule has 0 bridgehead atoms. The molecular weight excluding hydrogens is 420 g/mol. The predicted octanol–water partition coefficient (Wildman–Crippen LogP) is -2.42. The molecule has 1 aliphatic rings. The van der Waals surface area contributed by atoms with Crippen molar-refractivity contribution in [3.8, 4) is 0 Å². The van der Waals surface area contributed by atoms with Crippen LogP contribution >= 0.6 is 11.8 Å². The Balaban J connectivity index is 2.85. The molecule has 1 heterocycles. The molecule has 13 heteroatoms. The zero-order valence-electron chi connectivity index (χ0n) is 16.6. The van der Waals surface area contributed by atoms with Gasteiger partial charge in [0.1, 0.15) is 18.1 Å². The van der Waals surface area contributed by atoms with Crippen LogP contribution in [-0.4, -0.2) is 99.2 Å². The Hall–Kier alpha value is -2.38. The van der Waals surface area contributed by atoms with E-state index in [0.717, 1.165) is 4.90 Å². The van der Waals surface area contributed by atoms with Crippen molar-refractivity contribution in [3.63, 3.8) is 0 Å². The van der Waals surface area contributed by atoms with E-state index in [1.165, 1.54) is 11.8 Å². The maximum Gasteiger partial charge on any atom is 0.326 e. The van der Waals surface area contributed by atoms with Gasteiger partial charge in [-0.1, -0.05) is 0 Å². The van der Waals surface area contributed by atoms with Crippen LogP contribution in [0.5, 0.6) is 0 Å². The summed E-state index contributed by atoms with van der Waals surface area (Å²) in [4.78, 5) is 60.7. The van der Waals surface area contributed by atoms with Gasteiger partial charge >= 0.3 is 11.9 Å². The summed E-state index contributed by atoms with van der Waals surface area (Å²) in [7, 11) is 0. The molecule has 0 aromatic heterocycles. The number of hydrogen-bond acceptors (Lipinski definition) is 8. The van der Waals surface area contributed by atoms with E-state index in [0.29, 0.717) is 18.6 Å². The van der Waals surface area contributed by atoms with Crippen molar-refractivity contribution in [1.29, 1.82) is 0 Å². The molecule has 1 aliphatic heterocycles. The number of amides is 3. The number of aliphatic hydroxyl groups is 1. The molecule has 170 valence electrons. The largest absolute Gasteiger partial charge is 0.481 e. The normalized spacial score (nSPS) is 18.9. The van der Waals surface area contributed by atoms with E-state index in [9.17, 15) is 34.2 Å². The lowest BCUT2D eigenvalue weighted by molar-refractivity contribution is -0.150. The van der Waals surface area contributed by atoms with Crippen molar-refractivity contribution in [2.75, 3.05) is 25.2 Å². The number of nitrogens with zero attached hydrogens (tertiary/aromatic N) is 1. The van der Waals surface area contributed by atoms with E-state index in [1.54, 1.807) is 0 Å². The topological polar surface area (TPSA) is 199 Å². The molecule has 0 aromatic rings. The number of aliphatic carboxylic acids is 2. The quantitative estimate of drug-likeness (QED) is 0.187. The van der Waals surface area contributed by atoms with Gasteiger partial charge in [-0.05, 0) is 31.3 Å². The van der Waals surface area contributed by atoms with E-state index in [1.807, 2.05) is 6.26 Å². The number of carbonyl (C=O) groups is 5. The highest BCUT2D eigenvalue weighted by atomic mass is 32.2. The van der Waals surface area contributed by atoms with Gasteiger partial charge in [0.15, 0.2) is 0 Å². The Kier molecular flexibility index (Phi) is 10.6. The second-order valence-electron chi connectivity index (χ2n) is 6.82. The van der Waals surface area contributed by atoms with Crippen LogP contribution in [0.2, 0.25) is 0 Å². The van der Waals surface area contributed by atoms with Gasteiger partial charge in [-0.2, -0.15) is 11.8 Å². The molecule has 0 saturated carbocycles. The molecule has 12 nitrogen and oxygen atoms in total. The first-order valence-corrected chi connectivity index (χ1v) is 10.7. The number of aliphatic hydroxyl groups excluding tert-OH is 1. The third-order valence-corrected chi connectivity index (χ3v) is 5.24. The van der Waals surface area contributed by atoms with E-state index < -0.39 is 66.9 Å². The van der Waals surface area contributed by atoms with Gasteiger partial charge in [-0.15, -0.1) is 0 Å². The number of nitrogens with two attached hydrogens (primary N) is 1. The Morgan fingerprint density at radius 2 is 1.77 bits per heavy atom. The molecule has 1 rings (SSSR count). The summed E-state index contributed by atoms with van der Waals surface area (Å²) in [6.45, 7) is -0.686. The summed E-state index contributed by atoms with van der Waals surface area (Å²) in [6, 6.07) is -5.01. The second-order valence-corrected chi connectivity index (χ2v) is 7.80. The van der Waals surface area contributed by atoms with Crippen LogP contribution in [0.4, 0.5) is 0 Å².